The van der Waals surface area contributed by atoms with Crippen molar-refractivity contribution < 1.29 is 4.79 Å². The Morgan fingerprint density at radius 2 is 2.12 bits per heavy atom. The molecular weight excluding hydrogens is 302 g/mol. The van der Waals surface area contributed by atoms with Gasteiger partial charge in [-0.3, -0.25) is 4.79 Å². The fraction of sp³-hybridized carbons (Fsp3) is 0.611. The summed E-state index contributed by atoms with van der Waals surface area (Å²) in [4.78, 5) is 22.9. The van der Waals surface area contributed by atoms with E-state index in [4.69, 9.17) is 5.73 Å². The maximum atomic E-state index is 12.4. The molecule has 1 aromatic rings. The summed E-state index contributed by atoms with van der Waals surface area (Å²) in [6.45, 7) is 10.8. The molecular formula is C18H29N5O. The average Bonchev–Trinajstić information content (AvgIpc) is 2.53. The fourth-order valence-electron chi connectivity index (χ4n) is 2.89. The summed E-state index contributed by atoms with van der Waals surface area (Å²) in [7, 11) is 0. The van der Waals surface area contributed by atoms with Gasteiger partial charge in [0.05, 0.1) is 5.56 Å². The van der Waals surface area contributed by atoms with Crippen LogP contribution in [0.5, 0.6) is 0 Å². The van der Waals surface area contributed by atoms with E-state index in [2.05, 4.69) is 34.0 Å². The summed E-state index contributed by atoms with van der Waals surface area (Å²) >= 11 is 0. The molecule has 0 radical (unpaired) electrons. The van der Waals surface area contributed by atoms with Crippen molar-refractivity contribution in [2.24, 2.45) is 16.6 Å². The van der Waals surface area contributed by atoms with Gasteiger partial charge in [0.15, 0.2) is 0 Å². The van der Waals surface area contributed by atoms with Crippen LogP contribution in [0.4, 0.5) is 5.82 Å². The Bertz CT molecular complexity index is 599. The van der Waals surface area contributed by atoms with Crippen LogP contribution >= 0.6 is 0 Å². The zero-order valence-electron chi connectivity index (χ0n) is 15.2. The van der Waals surface area contributed by atoms with Gasteiger partial charge in [-0.15, -0.1) is 0 Å². The number of piperidine rings is 1. The normalized spacial score (nSPS) is 16.7. The van der Waals surface area contributed by atoms with Crippen molar-refractivity contribution in [2.45, 2.75) is 46.6 Å². The number of anilines is 1. The largest absolute Gasteiger partial charge is 0.387 e. The summed E-state index contributed by atoms with van der Waals surface area (Å²) in [6, 6.07) is 2.39. The van der Waals surface area contributed by atoms with Crippen molar-refractivity contribution in [1.82, 2.24) is 10.3 Å². The summed E-state index contributed by atoms with van der Waals surface area (Å²) in [5, 5.41) is 3.61. The van der Waals surface area contributed by atoms with Gasteiger partial charge in [0.25, 0.3) is 5.91 Å². The van der Waals surface area contributed by atoms with E-state index in [1.807, 2.05) is 13.0 Å². The Labute approximate surface area is 144 Å². The number of hydrogen-bond donors (Lipinski definition) is 2. The molecule has 3 N–H and O–H groups in total. The number of aryl methyl sites for hydroxylation is 1. The maximum Gasteiger partial charge on any atom is 0.282 e. The van der Waals surface area contributed by atoms with Crippen LogP contribution in [0.2, 0.25) is 0 Å². The molecule has 1 saturated heterocycles. The minimum absolute atomic E-state index is 0.268. The van der Waals surface area contributed by atoms with Crippen LogP contribution in [0.3, 0.4) is 0 Å². The third-order valence-electron chi connectivity index (χ3n) is 4.12. The zero-order chi connectivity index (χ0) is 17.7. The number of nitrogens with zero attached hydrogens (tertiary/aromatic N) is 3. The van der Waals surface area contributed by atoms with Crippen LogP contribution in [0.1, 0.15) is 49.5 Å². The molecule has 1 aliphatic rings. The van der Waals surface area contributed by atoms with Gasteiger partial charge >= 0.3 is 0 Å². The lowest BCUT2D eigenvalue weighted by Crippen LogP contribution is -2.44. The van der Waals surface area contributed by atoms with Crippen LogP contribution in [0, 0.1) is 12.8 Å². The van der Waals surface area contributed by atoms with Gasteiger partial charge in [-0.05, 0) is 50.8 Å². The number of carbonyl (C=O) groups is 1. The predicted octanol–water partition coefficient (Wildman–Crippen LogP) is 2.12. The number of aromatic nitrogens is 1. The molecule has 1 amide bonds. The molecule has 2 rings (SSSR count). The van der Waals surface area contributed by atoms with E-state index in [0.29, 0.717) is 17.5 Å². The van der Waals surface area contributed by atoms with Crippen LogP contribution in [0.25, 0.3) is 0 Å². The molecule has 24 heavy (non-hydrogen) atoms. The lowest BCUT2D eigenvalue weighted by molar-refractivity contribution is 0.100. The molecule has 0 saturated carbocycles. The molecule has 2 heterocycles. The number of carbonyl (C=O) groups excluding carboxylic acids is 1. The molecule has 0 aromatic carbocycles. The van der Waals surface area contributed by atoms with Gasteiger partial charge in [0.1, 0.15) is 11.7 Å². The maximum absolute atomic E-state index is 12.4. The van der Waals surface area contributed by atoms with Gasteiger partial charge in [-0.25, -0.2) is 4.98 Å². The lowest BCUT2D eigenvalue weighted by atomic mass is 10.0. The molecule has 132 valence electrons. The van der Waals surface area contributed by atoms with Crippen LogP contribution in [-0.2, 0) is 0 Å². The van der Waals surface area contributed by atoms with Crippen LogP contribution in [0.15, 0.2) is 17.3 Å². The first-order chi connectivity index (χ1) is 11.4. The predicted molar refractivity (Wildman–Crippen MR) is 98.7 cm³/mol. The number of amidine groups is 1. The van der Waals surface area contributed by atoms with E-state index in [1.54, 1.807) is 13.1 Å². The Morgan fingerprint density at radius 1 is 1.46 bits per heavy atom. The van der Waals surface area contributed by atoms with Crippen molar-refractivity contribution in [2.75, 3.05) is 24.5 Å². The highest BCUT2D eigenvalue weighted by Crippen LogP contribution is 2.23. The number of rotatable bonds is 5. The first-order valence-electron chi connectivity index (χ1n) is 8.67. The van der Waals surface area contributed by atoms with Crippen LogP contribution in [-0.4, -0.2) is 42.4 Å². The smallest absolute Gasteiger partial charge is 0.282 e. The highest BCUT2D eigenvalue weighted by atomic mass is 16.1. The van der Waals surface area contributed by atoms with Crippen molar-refractivity contribution in [3.8, 4) is 0 Å². The Kier molecular flexibility index (Phi) is 6.31. The van der Waals surface area contributed by atoms with Gasteiger partial charge in [0, 0.05) is 25.3 Å². The van der Waals surface area contributed by atoms with Crippen LogP contribution < -0.4 is 16.0 Å². The molecule has 0 spiro atoms. The van der Waals surface area contributed by atoms with Crippen molar-refractivity contribution in [3.05, 3.63) is 23.4 Å². The highest BCUT2D eigenvalue weighted by Gasteiger charge is 2.24. The Balaban J connectivity index is 2.10. The standard InChI is InChI=1S/C18H29N5O/c1-12(2)10-20-15-5-7-23(8-6-15)17-16(9-13(3)11-21-17)18(24)22-14(4)19/h9,11-12,15,20H,5-8,10H2,1-4H3,(H2,19,22,24). The Morgan fingerprint density at radius 3 is 2.71 bits per heavy atom. The zero-order valence-corrected chi connectivity index (χ0v) is 15.2. The molecule has 1 fully saturated rings. The number of pyridine rings is 1. The summed E-state index contributed by atoms with van der Waals surface area (Å²) < 4.78 is 0. The van der Waals surface area contributed by atoms with Gasteiger partial charge in [-0.2, -0.15) is 4.99 Å². The third-order valence-corrected chi connectivity index (χ3v) is 4.12. The second-order valence-electron chi connectivity index (χ2n) is 7.01. The average molecular weight is 331 g/mol. The second-order valence-corrected chi connectivity index (χ2v) is 7.01. The fourth-order valence-corrected chi connectivity index (χ4v) is 2.89. The molecule has 6 heteroatoms. The molecule has 0 atom stereocenters. The van der Waals surface area contributed by atoms with Gasteiger partial charge in [-0.1, -0.05) is 13.8 Å². The molecule has 0 unspecified atom stereocenters. The number of nitrogens with one attached hydrogen (secondary N) is 1. The van der Waals surface area contributed by atoms with E-state index in [9.17, 15) is 4.79 Å². The van der Waals surface area contributed by atoms with Gasteiger partial charge < -0.3 is 16.0 Å². The van der Waals surface area contributed by atoms with E-state index in [-0.39, 0.29) is 11.7 Å². The molecule has 6 nitrogen and oxygen atoms in total. The summed E-state index contributed by atoms with van der Waals surface area (Å²) in [5.74, 6) is 1.33. The topological polar surface area (TPSA) is 83.6 Å². The quantitative estimate of drug-likeness (QED) is 0.638. The van der Waals surface area contributed by atoms with Crippen molar-refractivity contribution >= 4 is 17.6 Å². The summed E-state index contributed by atoms with van der Waals surface area (Å²) in [6.07, 6.45) is 3.90. The SMILES string of the molecule is CC(N)=NC(=O)c1cc(C)cnc1N1CCC(NCC(C)C)CC1. The monoisotopic (exact) mass is 331 g/mol. The van der Waals surface area contributed by atoms with E-state index in [1.165, 1.54) is 0 Å². The number of amides is 1. The van der Waals surface area contributed by atoms with E-state index in [0.717, 1.165) is 43.9 Å². The van der Waals surface area contributed by atoms with Gasteiger partial charge in [0.2, 0.25) is 0 Å². The third kappa shape index (κ3) is 5.03. The minimum atomic E-state index is -0.318. The number of hydrogen-bond acceptors (Lipinski definition) is 4. The molecule has 0 bridgehead atoms. The van der Waals surface area contributed by atoms with E-state index >= 15 is 0 Å². The van der Waals surface area contributed by atoms with E-state index < -0.39 is 0 Å². The lowest BCUT2D eigenvalue weighted by Gasteiger charge is -2.34. The Hall–Kier alpha value is -1.95. The summed E-state index contributed by atoms with van der Waals surface area (Å²) in [5.41, 5.74) is 7.04. The molecule has 0 aliphatic carbocycles. The first kappa shape index (κ1) is 18.4. The van der Waals surface area contributed by atoms with Crippen molar-refractivity contribution in [1.29, 1.82) is 0 Å². The highest BCUT2D eigenvalue weighted by molar-refractivity contribution is 6.05. The van der Waals surface area contributed by atoms with Crippen molar-refractivity contribution in [3.63, 3.8) is 0 Å². The second kappa shape index (κ2) is 8.24. The minimum Gasteiger partial charge on any atom is -0.387 e. The first-order valence-corrected chi connectivity index (χ1v) is 8.67. The molecule has 1 aliphatic heterocycles. The number of nitrogens with two attached hydrogens (primary N) is 1. The molecule has 1 aromatic heterocycles. The number of aliphatic imine (C=N–C) groups is 1.